The number of anilines is 1. The van der Waals surface area contributed by atoms with Crippen molar-refractivity contribution in [2.24, 2.45) is 0 Å². The molecule has 4 heteroatoms. The Morgan fingerprint density at radius 2 is 1.95 bits per heavy atom. The number of benzene rings is 1. The van der Waals surface area contributed by atoms with E-state index >= 15 is 0 Å². The highest BCUT2D eigenvalue weighted by Gasteiger charge is 2.11. The molecular weight excluding hydrogens is 314 g/mol. The zero-order chi connectivity index (χ0) is 15.1. The largest absolute Gasteiger partial charge is 0.371 e. The SMILES string of the molecule is CCN(CCCN(C)C)c1ccc(C(C)NC)cc1Br. The summed E-state index contributed by atoms with van der Waals surface area (Å²) in [6, 6.07) is 7.05. The number of hydrogen-bond donors (Lipinski definition) is 1. The maximum Gasteiger partial charge on any atom is 0.0510 e. The molecule has 0 aliphatic carbocycles. The van der Waals surface area contributed by atoms with Gasteiger partial charge in [-0.15, -0.1) is 0 Å². The minimum atomic E-state index is 0.379. The van der Waals surface area contributed by atoms with E-state index in [1.165, 1.54) is 22.1 Å². The minimum Gasteiger partial charge on any atom is -0.371 e. The zero-order valence-corrected chi connectivity index (χ0v) is 15.0. The van der Waals surface area contributed by atoms with Crippen molar-refractivity contribution in [2.75, 3.05) is 45.7 Å². The van der Waals surface area contributed by atoms with Gasteiger partial charge in [-0.1, -0.05) is 6.07 Å². The van der Waals surface area contributed by atoms with E-state index in [-0.39, 0.29) is 0 Å². The summed E-state index contributed by atoms with van der Waals surface area (Å²) in [6.07, 6.45) is 1.18. The fourth-order valence-corrected chi connectivity index (χ4v) is 2.89. The van der Waals surface area contributed by atoms with Gasteiger partial charge in [-0.3, -0.25) is 0 Å². The van der Waals surface area contributed by atoms with Gasteiger partial charge in [0.2, 0.25) is 0 Å². The molecule has 0 saturated heterocycles. The first-order chi connectivity index (χ1) is 9.49. The maximum absolute atomic E-state index is 3.73. The van der Waals surface area contributed by atoms with E-state index in [2.05, 4.69) is 77.2 Å². The van der Waals surface area contributed by atoms with Crippen molar-refractivity contribution in [3.63, 3.8) is 0 Å². The summed E-state index contributed by atoms with van der Waals surface area (Å²) in [4.78, 5) is 4.67. The first kappa shape index (κ1) is 17.5. The van der Waals surface area contributed by atoms with Crippen LogP contribution in [0.1, 0.15) is 31.9 Å². The molecule has 1 aromatic rings. The predicted molar refractivity (Wildman–Crippen MR) is 92.7 cm³/mol. The van der Waals surface area contributed by atoms with Crippen molar-refractivity contribution < 1.29 is 0 Å². The third-order valence-electron chi connectivity index (χ3n) is 3.66. The molecule has 0 aliphatic heterocycles. The van der Waals surface area contributed by atoms with Crippen LogP contribution in [0, 0.1) is 0 Å². The second-order valence-corrected chi connectivity index (χ2v) is 6.31. The van der Waals surface area contributed by atoms with Crippen molar-refractivity contribution >= 4 is 21.6 Å². The molecule has 0 radical (unpaired) electrons. The van der Waals surface area contributed by atoms with Crippen molar-refractivity contribution in [2.45, 2.75) is 26.3 Å². The number of rotatable bonds is 8. The number of nitrogens with zero attached hydrogens (tertiary/aromatic N) is 2. The van der Waals surface area contributed by atoms with E-state index in [4.69, 9.17) is 0 Å². The molecule has 0 spiro atoms. The Bertz CT molecular complexity index is 407. The summed E-state index contributed by atoms with van der Waals surface area (Å²) in [7, 11) is 6.24. The van der Waals surface area contributed by atoms with Crippen LogP contribution in [-0.2, 0) is 0 Å². The molecule has 0 fully saturated rings. The van der Waals surface area contributed by atoms with Gasteiger partial charge < -0.3 is 15.1 Å². The first-order valence-corrected chi connectivity index (χ1v) is 8.15. The molecule has 0 saturated carbocycles. The first-order valence-electron chi connectivity index (χ1n) is 7.36. The molecule has 1 unspecified atom stereocenters. The van der Waals surface area contributed by atoms with Gasteiger partial charge in [-0.05, 0) is 81.6 Å². The molecule has 0 heterocycles. The lowest BCUT2D eigenvalue weighted by molar-refractivity contribution is 0.400. The van der Waals surface area contributed by atoms with E-state index in [0.717, 1.165) is 19.6 Å². The lowest BCUT2D eigenvalue weighted by Crippen LogP contribution is -2.27. The summed E-state index contributed by atoms with van der Waals surface area (Å²) in [6.45, 7) is 7.65. The quantitative estimate of drug-likeness (QED) is 0.780. The Morgan fingerprint density at radius 3 is 2.45 bits per heavy atom. The average Bonchev–Trinajstić information content (AvgIpc) is 2.43. The molecule has 3 nitrogen and oxygen atoms in total. The minimum absolute atomic E-state index is 0.379. The summed E-state index contributed by atoms with van der Waals surface area (Å²) >= 11 is 3.73. The van der Waals surface area contributed by atoms with Crippen LogP contribution in [0.3, 0.4) is 0 Å². The van der Waals surface area contributed by atoms with Crippen LogP contribution in [0.15, 0.2) is 22.7 Å². The van der Waals surface area contributed by atoms with Gasteiger partial charge in [0.05, 0.1) is 5.69 Å². The summed E-state index contributed by atoms with van der Waals surface area (Å²) in [5.41, 5.74) is 2.60. The molecule has 1 aromatic carbocycles. The fraction of sp³-hybridized carbons (Fsp3) is 0.625. The van der Waals surface area contributed by atoms with Crippen LogP contribution >= 0.6 is 15.9 Å². The third-order valence-corrected chi connectivity index (χ3v) is 4.30. The van der Waals surface area contributed by atoms with Gasteiger partial charge >= 0.3 is 0 Å². The Morgan fingerprint density at radius 1 is 1.25 bits per heavy atom. The van der Waals surface area contributed by atoms with Crippen LogP contribution in [0.2, 0.25) is 0 Å². The average molecular weight is 342 g/mol. The molecular formula is C16H28BrN3. The van der Waals surface area contributed by atoms with E-state index < -0.39 is 0 Å². The van der Waals surface area contributed by atoms with Crippen molar-refractivity contribution in [1.29, 1.82) is 0 Å². The van der Waals surface area contributed by atoms with Gasteiger partial charge in [0.15, 0.2) is 0 Å². The lowest BCUT2D eigenvalue weighted by Gasteiger charge is -2.26. The van der Waals surface area contributed by atoms with Crippen molar-refractivity contribution in [3.8, 4) is 0 Å². The Balaban J connectivity index is 2.77. The summed E-state index contributed by atoms with van der Waals surface area (Å²) in [5, 5.41) is 3.28. The van der Waals surface area contributed by atoms with Gasteiger partial charge in [-0.2, -0.15) is 0 Å². The second-order valence-electron chi connectivity index (χ2n) is 5.46. The highest BCUT2D eigenvalue weighted by atomic mass is 79.9. The molecule has 0 aliphatic rings. The van der Waals surface area contributed by atoms with Crippen LogP contribution in [0.5, 0.6) is 0 Å². The second kappa shape index (κ2) is 8.65. The Kier molecular flexibility index (Phi) is 7.56. The standard InChI is InChI=1S/C16H28BrN3/c1-6-20(11-7-10-19(4)5)16-9-8-14(12-15(16)17)13(2)18-3/h8-9,12-13,18H,6-7,10-11H2,1-5H3. The van der Waals surface area contributed by atoms with E-state index in [1.54, 1.807) is 0 Å². The fourth-order valence-electron chi connectivity index (χ4n) is 2.24. The summed E-state index contributed by atoms with van der Waals surface area (Å²) in [5.74, 6) is 0. The molecule has 0 bridgehead atoms. The molecule has 0 amide bonds. The summed E-state index contributed by atoms with van der Waals surface area (Å²) < 4.78 is 1.18. The van der Waals surface area contributed by atoms with Crippen LogP contribution in [0.25, 0.3) is 0 Å². The zero-order valence-electron chi connectivity index (χ0n) is 13.4. The molecule has 1 N–H and O–H groups in total. The molecule has 0 aromatic heterocycles. The van der Waals surface area contributed by atoms with Crippen molar-refractivity contribution in [3.05, 3.63) is 28.2 Å². The lowest BCUT2D eigenvalue weighted by atomic mass is 10.1. The molecule has 114 valence electrons. The van der Waals surface area contributed by atoms with Crippen LogP contribution in [-0.4, -0.2) is 45.7 Å². The third kappa shape index (κ3) is 5.08. The number of nitrogens with one attached hydrogen (secondary N) is 1. The molecule has 20 heavy (non-hydrogen) atoms. The highest BCUT2D eigenvalue weighted by molar-refractivity contribution is 9.10. The number of hydrogen-bond acceptors (Lipinski definition) is 3. The van der Waals surface area contributed by atoms with Gasteiger partial charge in [-0.25, -0.2) is 0 Å². The monoisotopic (exact) mass is 341 g/mol. The molecule has 1 rings (SSSR count). The van der Waals surface area contributed by atoms with E-state index in [0.29, 0.717) is 6.04 Å². The van der Waals surface area contributed by atoms with Crippen molar-refractivity contribution in [1.82, 2.24) is 10.2 Å². The Labute approximate surface area is 132 Å². The highest BCUT2D eigenvalue weighted by Crippen LogP contribution is 2.29. The van der Waals surface area contributed by atoms with Gasteiger partial charge in [0.25, 0.3) is 0 Å². The van der Waals surface area contributed by atoms with E-state index in [1.807, 2.05) is 7.05 Å². The van der Waals surface area contributed by atoms with Gasteiger partial charge in [0, 0.05) is 23.6 Å². The van der Waals surface area contributed by atoms with Gasteiger partial charge in [0.1, 0.15) is 0 Å². The van der Waals surface area contributed by atoms with Crippen LogP contribution < -0.4 is 10.2 Å². The number of halogens is 1. The topological polar surface area (TPSA) is 18.5 Å². The normalized spacial score (nSPS) is 12.8. The van der Waals surface area contributed by atoms with E-state index in [9.17, 15) is 0 Å². The maximum atomic E-state index is 3.73. The molecule has 1 atom stereocenters. The van der Waals surface area contributed by atoms with Crippen LogP contribution in [0.4, 0.5) is 5.69 Å². The Hall–Kier alpha value is -0.580. The predicted octanol–water partition coefficient (Wildman–Crippen LogP) is 3.51. The smallest absolute Gasteiger partial charge is 0.0510 e.